The quantitative estimate of drug-likeness (QED) is 0.266. The number of alkyl halides is 3. The molecule has 0 amide bonds. The zero-order chi connectivity index (χ0) is 25.6. The highest BCUT2D eigenvalue weighted by Gasteiger charge is 2.33. The average Bonchev–Trinajstić information content (AvgIpc) is 3.10. The van der Waals surface area contributed by atoms with Gasteiger partial charge in [-0.05, 0) is 62.7 Å². The van der Waals surface area contributed by atoms with Gasteiger partial charge in [0.25, 0.3) is 0 Å². The van der Waals surface area contributed by atoms with Gasteiger partial charge >= 0.3 is 6.36 Å². The Morgan fingerprint density at radius 1 is 0.971 bits per heavy atom. The minimum absolute atomic E-state index is 0.0238. The van der Waals surface area contributed by atoms with Gasteiger partial charge < -0.3 is 18.9 Å². The number of aromatic nitrogens is 2. The molecule has 0 bridgehead atoms. The van der Waals surface area contributed by atoms with Crippen molar-refractivity contribution < 1.29 is 32.1 Å². The molecule has 0 fully saturated rings. The molecule has 1 aromatic heterocycles. The maximum absolute atomic E-state index is 12.9. The van der Waals surface area contributed by atoms with Gasteiger partial charge in [0.05, 0.1) is 5.69 Å². The third kappa shape index (κ3) is 7.47. The summed E-state index contributed by atoms with van der Waals surface area (Å²) in [4.78, 5) is 0. The number of hydrogen-bond acceptors (Lipinski definition) is 5. The molecule has 0 aliphatic rings. The van der Waals surface area contributed by atoms with Crippen LogP contribution in [0.15, 0.2) is 53.0 Å². The van der Waals surface area contributed by atoms with Gasteiger partial charge in [-0.1, -0.05) is 30.1 Å². The third-order valence-corrected chi connectivity index (χ3v) is 5.07. The van der Waals surface area contributed by atoms with E-state index >= 15 is 0 Å². The number of rotatable bonds is 10. The van der Waals surface area contributed by atoms with E-state index in [0.717, 1.165) is 23.7 Å². The molecule has 0 saturated carbocycles. The van der Waals surface area contributed by atoms with Gasteiger partial charge in [-0.3, -0.25) is 0 Å². The fourth-order valence-electron chi connectivity index (χ4n) is 3.14. The fourth-order valence-corrected chi connectivity index (χ4v) is 3.27. The normalized spacial score (nSPS) is 11.2. The summed E-state index contributed by atoms with van der Waals surface area (Å²) in [6, 6.07) is 10.3. The van der Waals surface area contributed by atoms with Crippen molar-refractivity contribution in [1.82, 2.24) is 9.78 Å². The molecule has 1 heterocycles. The number of hydrogen-bond donors (Lipinski definition) is 0. The van der Waals surface area contributed by atoms with E-state index in [1.165, 1.54) is 18.2 Å². The summed E-state index contributed by atoms with van der Waals surface area (Å²) in [5.74, 6) is 0.844. The molecule has 0 radical (unpaired) electrons. The van der Waals surface area contributed by atoms with E-state index in [1.807, 2.05) is 20.8 Å². The Balaban J connectivity index is 1.78. The van der Waals surface area contributed by atoms with Crippen molar-refractivity contribution in [3.8, 4) is 34.6 Å². The second-order valence-corrected chi connectivity index (χ2v) is 8.19. The van der Waals surface area contributed by atoms with E-state index in [2.05, 4.69) is 9.84 Å². The third-order valence-electron chi connectivity index (χ3n) is 4.76. The second kappa shape index (κ2) is 11.6. The molecule has 0 spiro atoms. The Morgan fingerprint density at radius 3 is 2.17 bits per heavy atom. The molecule has 0 N–H and O–H groups in total. The maximum atomic E-state index is 12.9. The van der Waals surface area contributed by atoms with Gasteiger partial charge in [0.15, 0.2) is 11.5 Å². The lowest BCUT2D eigenvalue weighted by Gasteiger charge is -2.15. The Labute approximate surface area is 210 Å². The first-order chi connectivity index (χ1) is 16.6. The molecular formula is C24H23Cl2F3N2O4. The van der Waals surface area contributed by atoms with Crippen LogP contribution in [0.5, 0.6) is 34.6 Å². The standard InChI is InChI=1S/C24H23Cl2F3N2O4/c1-4-19-15(3)23(31(5-2)30-19)34-17-8-6-16(7-9-17)33-20-11-10-18(32-13-12-22(25)26)14-21(20)35-24(27,28)29/h6-12,14H,4-5,13H2,1-3H3. The van der Waals surface area contributed by atoms with Crippen LogP contribution in [0.3, 0.4) is 0 Å². The van der Waals surface area contributed by atoms with Crippen molar-refractivity contribution in [2.45, 2.75) is 40.1 Å². The van der Waals surface area contributed by atoms with Gasteiger partial charge in [0.1, 0.15) is 28.3 Å². The molecule has 3 rings (SSSR count). The molecule has 0 saturated heterocycles. The lowest BCUT2D eigenvalue weighted by molar-refractivity contribution is -0.275. The average molecular weight is 531 g/mol. The molecule has 0 unspecified atom stereocenters. The SMILES string of the molecule is CCc1nn(CC)c(Oc2ccc(Oc3ccc(OCC=C(Cl)Cl)cc3OC(F)(F)F)cc2)c1C. The van der Waals surface area contributed by atoms with E-state index < -0.39 is 12.1 Å². The second-order valence-electron chi connectivity index (χ2n) is 7.18. The van der Waals surface area contributed by atoms with Crippen molar-refractivity contribution in [1.29, 1.82) is 0 Å². The van der Waals surface area contributed by atoms with E-state index in [4.69, 9.17) is 37.4 Å². The van der Waals surface area contributed by atoms with Crippen LogP contribution in [0.1, 0.15) is 25.1 Å². The number of halogens is 5. The van der Waals surface area contributed by atoms with E-state index in [0.29, 0.717) is 18.2 Å². The van der Waals surface area contributed by atoms with Gasteiger partial charge in [-0.2, -0.15) is 5.10 Å². The highest BCUT2D eigenvalue weighted by Crippen LogP contribution is 2.38. The van der Waals surface area contributed by atoms with Crippen molar-refractivity contribution in [2.75, 3.05) is 6.61 Å². The van der Waals surface area contributed by atoms with E-state index in [1.54, 1.807) is 28.9 Å². The maximum Gasteiger partial charge on any atom is 0.573 e. The minimum Gasteiger partial charge on any atom is -0.489 e. The first-order valence-electron chi connectivity index (χ1n) is 10.6. The fraction of sp³-hybridized carbons (Fsp3) is 0.292. The van der Waals surface area contributed by atoms with Crippen LogP contribution in [0, 0.1) is 6.92 Å². The number of ether oxygens (including phenoxy) is 4. The zero-order valence-corrected chi connectivity index (χ0v) is 20.7. The van der Waals surface area contributed by atoms with E-state index in [-0.39, 0.29) is 28.3 Å². The zero-order valence-electron chi connectivity index (χ0n) is 19.2. The van der Waals surface area contributed by atoms with Gasteiger partial charge in [0, 0.05) is 18.2 Å². The van der Waals surface area contributed by atoms with Crippen molar-refractivity contribution in [3.63, 3.8) is 0 Å². The van der Waals surface area contributed by atoms with Crippen molar-refractivity contribution in [3.05, 3.63) is 64.3 Å². The molecule has 2 aromatic carbocycles. The molecule has 0 aliphatic carbocycles. The number of nitrogens with zero attached hydrogens (tertiary/aromatic N) is 2. The lowest BCUT2D eigenvalue weighted by atomic mass is 10.2. The van der Waals surface area contributed by atoms with Crippen LogP contribution in [0.25, 0.3) is 0 Å². The van der Waals surface area contributed by atoms with Crippen LogP contribution < -0.4 is 18.9 Å². The van der Waals surface area contributed by atoms with Crippen LogP contribution in [-0.2, 0) is 13.0 Å². The van der Waals surface area contributed by atoms with Crippen LogP contribution in [0.2, 0.25) is 0 Å². The topological polar surface area (TPSA) is 54.7 Å². The van der Waals surface area contributed by atoms with Gasteiger partial charge in [-0.25, -0.2) is 4.68 Å². The summed E-state index contributed by atoms with van der Waals surface area (Å²) in [6.07, 6.45) is -2.80. The summed E-state index contributed by atoms with van der Waals surface area (Å²) in [6.45, 7) is 6.55. The summed E-state index contributed by atoms with van der Waals surface area (Å²) in [7, 11) is 0. The Kier molecular flexibility index (Phi) is 8.80. The molecule has 6 nitrogen and oxygen atoms in total. The van der Waals surface area contributed by atoms with Crippen molar-refractivity contribution >= 4 is 23.2 Å². The first kappa shape index (κ1) is 26.6. The summed E-state index contributed by atoms with van der Waals surface area (Å²) < 4.78 is 61.7. The van der Waals surface area contributed by atoms with Crippen LogP contribution >= 0.6 is 23.2 Å². The van der Waals surface area contributed by atoms with E-state index in [9.17, 15) is 13.2 Å². The first-order valence-corrected chi connectivity index (χ1v) is 11.4. The Hall–Kier alpha value is -3.04. The van der Waals surface area contributed by atoms with Gasteiger partial charge in [0.2, 0.25) is 5.88 Å². The number of benzene rings is 2. The molecule has 188 valence electrons. The van der Waals surface area contributed by atoms with Crippen molar-refractivity contribution in [2.24, 2.45) is 0 Å². The molecule has 0 aliphatic heterocycles. The molecular weight excluding hydrogens is 508 g/mol. The smallest absolute Gasteiger partial charge is 0.489 e. The summed E-state index contributed by atoms with van der Waals surface area (Å²) in [5, 5.41) is 4.52. The highest BCUT2D eigenvalue weighted by molar-refractivity contribution is 6.55. The molecule has 3 aromatic rings. The monoisotopic (exact) mass is 530 g/mol. The summed E-state index contributed by atoms with van der Waals surface area (Å²) >= 11 is 11.0. The Bertz CT molecular complexity index is 1170. The van der Waals surface area contributed by atoms with Crippen LogP contribution in [0.4, 0.5) is 13.2 Å². The van der Waals surface area contributed by atoms with Crippen LogP contribution in [-0.4, -0.2) is 22.7 Å². The molecule has 35 heavy (non-hydrogen) atoms. The summed E-state index contributed by atoms with van der Waals surface area (Å²) in [5.41, 5.74) is 1.91. The Morgan fingerprint density at radius 2 is 1.60 bits per heavy atom. The minimum atomic E-state index is -4.93. The predicted octanol–water partition coefficient (Wildman–Crippen LogP) is 7.95. The van der Waals surface area contributed by atoms with Gasteiger partial charge in [-0.15, -0.1) is 13.2 Å². The number of aryl methyl sites for hydroxylation is 2. The molecule has 0 atom stereocenters. The predicted molar refractivity (Wildman–Crippen MR) is 127 cm³/mol. The molecule has 11 heteroatoms. The largest absolute Gasteiger partial charge is 0.573 e. The highest BCUT2D eigenvalue weighted by atomic mass is 35.5. The lowest BCUT2D eigenvalue weighted by Crippen LogP contribution is -2.17.